The van der Waals surface area contributed by atoms with Crippen molar-refractivity contribution in [3.63, 3.8) is 0 Å². The third-order valence-electron chi connectivity index (χ3n) is 6.39. The Morgan fingerprint density at radius 2 is 1.75 bits per heavy atom. The number of fused-ring (bicyclic) bond motifs is 1. The van der Waals surface area contributed by atoms with E-state index in [0.717, 1.165) is 5.56 Å². The van der Waals surface area contributed by atoms with Crippen LogP contribution in [0.3, 0.4) is 0 Å². The molecular weight excluding hydrogens is 556 g/mol. The minimum atomic E-state index is -3.92. The molecule has 3 rings (SSSR count). The van der Waals surface area contributed by atoms with Gasteiger partial charge in [0.25, 0.3) is 0 Å². The Balaban J connectivity index is 1.92. The number of methoxy groups -OCH3 is 2. The fourth-order valence-electron chi connectivity index (χ4n) is 4.18. The predicted molar refractivity (Wildman–Crippen MR) is 157 cm³/mol. The van der Waals surface area contributed by atoms with E-state index in [1.165, 1.54) is 12.1 Å². The highest BCUT2D eigenvalue weighted by atomic mass is 35.5. The summed E-state index contributed by atoms with van der Waals surface area (Å²) in [5.74, 6) is 2.23. The summed E-state index contributed by atoms with van der Waals surface area (Å²) in [5, 5.41) is 0.361. The molecular formula is C29H37ClN2O7S. The minimum absolute atomic E-state index is 0.0531. The van der Waals surface area contributed by atoms with Gasteiger partial charge in [-0.1, -0.05) is 6.07 Å². The fourth-order valence-corrected chi connectivity index (χ4v) is 5.50. The Morgan fingerprint density at radius 1 is 1.05 bits per heavy atom. The van der Waals surface area contributed by atoms with Gasteiger partial charge in [0.2, 0.25) is 15.9 Å². The number of alkyl halides is 1. The molecule has 0 atom stereocenters. The Bertz CT molecular complexity index is 1450. The number of rotatable bonds is 15. The molecule has 11 heteroatoms. The molecule has 0 saturated carbocycles. The number of carbonyl (C=O) groups excluding carboxylic acids is 1. The topological polar surface area (TPSA) is 107 Å². The summed E-state index contributed by atoms with van der Waals surface area (Å²) >= 11 is 5.79. The molecule has 0 aliphatic rings. The number of furan rings is 1. The molecule has 0 aliphatic heterocycles. The third-order valence-corrected chi connectivity index (χ3v) is 8.18. The van der Waals surface area contributed by atoms with E-state index >= 15 is 0 Å². The van der Waals surface area contributed by atoms with E-state index in [0.29, 0.717) is 72.4 Å². The number of benzene rings is 2. The normalized spacial score (nSPS) is 12.0. The summed E-state index contributed by atoms with van der Waals surface area (Å²) < 4.78 is 52.1. The number of nitrogens with zero attached hydrogens (tertiary/aromatic N) is 1. The molecule has 218 valence electrons. The maximum Gasteiger partial charge on any atom is 0.246 e. The van der Waals surface area contributed by atoms with Crippen LogP contribution in [0.25, 0.3) is 16.5 Å². The monoisotopic (exact) mass is 592 g/mol. The van der Waals surface area contributed by atoms with E-state index < -0.39 is 10.0 Å². The quantitative estimate of drug-likeness (QED) is 0.146. The third kappa shape index (κ3) is 7.50. The van der Waals surface area contributed by atoms with Crippen LogP contribution in [0.2, 0.25) is 0 Å². The molecule has 0 fully saturated rings. The molecule has 0 saturated heterocycles. The molecule has 0 unspecified atom stereocenters. The van der Waals surface area contributed by atoms with Crippen LogP contribution in [0.15, 0.2) is 51.8 Å². The summed E-state index contributed by atoms with van der Waals surface area (Å²) in [4.78, 5) is 14.4. The van der Waals surface area contributed by atoms with E-state index in [1.54, 1.807) is 44.2 Å². The first-order chi connectivity index (χ1) is 19.2. The van der Waals surface area contributed by atoms with Crippen molar-refractivity contribution in [2.75, 3.05) is 46.3 Å². The first-order valence-corrected chi connectivity index (χ1v) is 15.1. The molecule has 1 heterocycles. The van der Waals surface area contributed by atoms with Gasteiger partial charge in [-0.05, 0) is 75.1 Å². The van der Waals surface area contributed by atoms with Crippen molar-refractivity contribution in [1.29, 1.82) is 0 Å². The van der Waals surface area contributed by atoms with E-state index in [1.807, 2.05) is 26.0 Å². The van der Waals surface area contributed by atoms with Crippen molar-refractivity contribution in [2.45, 2.75) is 38.5 Å². The van der Waals surface area contributed by atoms with E-state index in [9.17, 15) is 13.2 Å². The van der Waals surface area contributed by atoms with Crippen LogP contribution in [-0.4, -0.2) is 65.6 Å². The molecule has 3 aromatic rings. The number of ether oxygens (including phenoxy) is 3. The van der Waals surface area contributed by atoms with Gasteiger partial charge in [0.1, 0.15) is 5.76 Å². The smallest absolute Gasteiger partial charge is 0.246 e. The second-order valence-electron chi connectivity index (χ2n) is 8.98. The first-order valence-electron chi connectivity index (χ1n) is 13.1. The highest BCUT2D eigenvalue weighted by molar-refractivity contribution is 7.89. The zero-order valence-corrected chi connectivity index (χ0v) is 25.2. The van der Waals surface area contributed by atoms with Gasteiger partial charge in [-0.3, -0.25) is 4.79 Å². The lowest BCUT2D eigenvalue weighted by Crippen LogP contribution is -2.28. The van der Waals surface area contributed by atoms with Crippen molar-refractivity contribution >= 4 is 44.1 Å². The maximum atomic E-state index is 13.4. The van der Waals surface area contributed by atoms with E-state index in [4.69, 9.17) is 30.2 Å². The van der Waals surface area contributed by atoms with Crippen molar-refractivity contribution in [3.05, 3.63) is 53.8 Å². The van der Waals surface area contributed by atoms with Gasteiger partial charge < -0.3 is 23.5 Å². The van der Waals surface area contributed by atoms with Crippen LogP contribution < -0.4 is 18.9 Å². The van der Waals surface area contributed by atoms with Gasteiger partial charge in [0.15, 0.2) is 22.8 Å². The van der Waals surface area contributed by atoms with Crippen LogP contribution in [0.4, 0.5) is 0 Å². The van der Waals surface area contributed by atoms with Crippen molar-refractivity contribution in [1.82, 2.24) is 9.62 Å². The van der Waals surface area contributed by atoms with Crippen LogP contribution in [0, 0.1) is 0 Å². The maximum absolute atomic E-state index is 13.4. The molecule has 1 amide bonds. The standard InChI is InChI=1S/C29H37ClN2O7S/c1-6-32(7-2)28(33)17-20(3)25-19-22-27(12-11-24(29(22)39-25)38-16-8-14-30)40(34,35)31-15-13-21-9-10-23(36-4)26(18-21)37-5/h9-12,17-19,31H,6-8,13-16H2,1-5H3/b20-17+. The highest BCUT2D eigenvalue weighted by Crippen LogP contribution is 2.36. The number of hydrogen-bond acceptors (Lipinski definition) is 7. The van der Waals surface area contributed by atoms with Crippen LogP contribution >= 0.6 is 11.6 Å². The van der Waals surface area contributed by atoms with Gasteiger partial charge in [-0.25, -0.2) is 13.1 Å². The number of amides is 1. The molecule has 0 bridgehead atoms. The Hall–Kier alpha value is -3.21. The van der Waals surface area contributed by atoms with Crippen LogP contribution in [0.5, 0.6) is 17.2 Å². The zero-order valence-electron chi connectivity index (χ0n) is 23.6. The Kier molecular flexibility index (Phi) is 11.3. The number of hydrogen-bond donors (Lipinski definition) is 1. The van der Waals surface area contributed by atoms with Crippen molar-refractivity contribution in [3.8, 4) is 17.2 Å². The second kappa shape index (κ2) is 14.4. The largest absolute Gasteiger partial charge is 0.493 e. The molecule has 0 aliphatic carbocycles. The van der Waals surface area contributed by atoms with E-state index in [2.05, 4.69) is 4.72 Å². The molecule has 1 aromatic heterocycles. The average molecular weight is 593 g/mol. The lowest BCUT2D eigenvalue weighted by molar-refractivity contribution is -0.125. The minimum Gasteiger partial charge on any atom is -0.493 e. The summed E-state index contributed by atoms with van der Waals surface area (Å²) in [5.41, 5.74) is 1.75. The molecule has 0 radical (unpaired) electrons. The summed E-state index contributed by atoms with van der Waals surface area (Å²) in [6.07, 6.45) is 2.55. The van der Waals surface area contributed by atoms with Crippen molar-refractivity contribution in [2.24, 2.45) is 0 Å². The lowest BCUT2D eigenvalue weighted by atomic mass is 10.1. The number of likely N-dealkylation sites (N-methyl/N-ethyl adjacent to an activating group) is 1. The first kappa shape index (κ1) is 31.3. The van der Waals surface area contributed by atoms with Gasteiger partial charge in [-0.2, -0.15) is 0 Å². The lowest BCUT2D eigenvalue weighted by Gasteiger charge is -2.16. The molecule has 2 aromatic carbocycles. The van der Waals surface area contributed by atoms with Gasteiger partial charge in [0.05, 0.1) is 25.7 Å². The number of carbonyl (C=O) groups is 1. The molecule has 1 N–H and O–H groups in total. The number of nitrogens with one attached hydrogen (secondary N) is 1. The summed E-state index contributed by atoms with van der Waals surface area (Å²) in [6.45, 7) is 7.24. The molecule has 0 spiro atoms. The summed E-state index contributed by atoms with van der Waals surface area (Å²) in [6, 6.07) is 10.2. The van der Waals surface area contributed by atoms with Crippen LogP contribution in [-0.2, 0) is 21.2 Å². The van der Waals surface area contributed by atoms with Crippen molar-refractivity contribution < 1.29 is 31.8 Å². The molecule has 9 nitrogen and oxygen atoms in total. The Labute approximate surface area is 241 Å². The number of sulfonamides is 1. The fraction of sp³-hybridized carbons (Fsp3) is 0.414. The van der Waals surface area contributed by atoms with E-state index in [-0.39, 0.29) is 22.9 Å². The number of allylic oxidation sites excluding steroid dienone is 1. The SMILES string of the molecule is CCN(CC)C(=O)/C=C(\C)c1cc2c(S(=O)(=O)NCCc3ccc(OC)c(OC)c3)ccc(OCCCCl)c2o1. The average Bonchev–Trinajstić information content (AvgIpc) is 3.39. The van der Waals surface area contributed by atoms with Gasteiger partial charge in [-0.15, -0.1) is 11.6 Å². The zero-order chi connectivity index (χ0) is 29.3. The molecule has 40 heavy (non-hydrogen) atoms. The summed E-state index contributed by atoms with van der Waals surface area (Å²) in [7, 11) is -0.814. The second-order valence-corrected chi connectivity index (χ2v) is 11.1. The number of halogens is 1. The van der Waals surface area contributed by atoms with Gasteiger partial charge in [0, 0.05) is 37.0 Å². The van der Waals surface area contributed by atoms with Crippen LogP contribution in [0.1, 0.15) is 38.5 Å². The highest BCUT2D eigenvalue weighted by Gasteiger charge is 2.23. The predicted octanol–water partition coefficient (Wildman–Crippen LogP) is 5.25. The Morgan fingerprint density at radius 3 is 2.40 bits per heavy atom. The van der Waals surface area contributed by atoms with Gasteiger partial charge >= 0.3 is 0 Å².